The zero-order valence-electron chi connectivity index (χ0n) is 11.9. The van der Waals surface area contributed by atoms with Crippen LogP contribution in [0.3, 0.4) is 0 Å². The van der Waals surface area contributed by atoms with Gasteiger partial charge < -0.3 is 13.8 Å². The van der Waals surface area contributed by atoms with Crippen molar-refractivity contribution in [1.29, 1.82) is 0 Å². The maximum Gasteiger partial charge on any atom is 0.495 e. The lowest BCUT2D eigenvalue weighted by atomic mass is 9.75. The van der Waals surface area contributed by atoms with Crippen LogP contribution in [0.25, 0.3) is 0 Å². The molecule has 1 aliphatic rings. The third-order valence-corrected chi connectivity index (χ3v) is 4.61. The van der Waals surface area contributed by atoms with Crippen molar-refractivity contribution in [3.63, 3.8) is 0 Å². The molecular formula is C13H17BIO4P. The summed E-state index contributed by atoms with van der Waals surface area (Å²) in [6, 6.07) is 3.70. The van der Waals surface area contributed by atoms with Crippen LogP contribution in [-0.2, 0) is 9.31 Å². The number of aldehydes is 1. The molecule has 1 aliphatic heterocycles. The Kier molecular flexibility index (Phi) is 5.11. The van der Waals surface area contributed by atoms with Crippen LogP contribution in [0.2, 0.25) is 0 Å². The molecule has 7 heteroatoms. The van der Waals surface area contributed by atoms with Gasteiger partial charge in [-0.15, -0.1) is 0 Å². The summed E-state index contributed by atoms with van der Waals surface area (Å²) in [6.07, 6.45) is 0.812. The summed E-state index contributed by atoms with van der Waals surface area (Å²) in [5, 5.41) is 0. The maximum absolute atomic E-state index is 11.4. The molecule has 108 valence electrons. The highest BCUT2D eigenvalue weighted by molar-refractivity contribution is 14.2. The van der Waals surface area contributed by atoms with Crippen LogP contribution in [0, 0.1) is 6.92 Å². The number of hydrogen-bond acceptors (Lipinski definition) is 4. The van der Waals surface area contributed by atoms with E-state index in [2.05, 4.69) is 22.0 Å². The molecule has 20 heavy (non-hydrogen) atoms. The van der Waals surface area contributed by atoms with Crippen LogP contribution in [0.1, 0.15) is 36.7 Å². The SMILES string of the molecule is Cc1cc(OPI)cc(B2OC(C)C(C)(C)O2)c1C=O. The molecule has 2 atom stereocenters. The Balaban J connectivity index is 2.42. The van der Waals surface area contributed by atoms with E-state index in [4.69, 9.17) is 13.8 Å². The van der Waals surface area contributed by atoms with Crippen molar-refractivity contribution < 1.29 is 18.6 Å². The van der Waals surface area contributed by atoms with Gasteiger partial charge in [-0.2, -0.15) is 0 Å². The first-order chi connectivity index (χ1) is 9.39. The van der Waals surface area contributed by atoms with Gasteiger partial charge in [-0.05, 0) is 72.9 Å². The number of hydrogen-bond donors (Lipinski definition) is 0. The molecule has 0 aromatic heterocycles. The van der Waals surface area contributed by atoms with E-state index in [1.807, 2.05) is 39.8 Å². The number of aryl methyl sites for hydroxylation is 1. The topological polar surface area (TPSA) is 44.8 Å². The van der Waals surface area contributed by atoms with Gasteiger partial charge in [-0.3, -0.25) is 4.79 Å². The highest BCUT2D eigenvalue weighted by Gasteiger charge is 2.45. The van der Waals surface area contributed by atoms with Crippen molar-refractivity contribution in [3.05, 3.63) is 23.3 Å². The van der Waals surface area contributed by atoms with E-state index in [9.17, 15) is 4.79 Å². The predicted molar refractivity (Wildman–Crippen MR) is 90.6 cm³/mol. The fourth-order valence-corrected chi connectivity index (χ4v) is 3.11. The van der Waals surface area contributed by atoms with Crippen LogP contribution in [0.5, 0.6) is 5.75 Å². The molecule has 1 aromatic rings. The van der Waals surface area contributed by atoms with E-state index in [0.717, 1.165) is 23.1 Å². The van der Waals surface area contributed by atoms with E-state index in [-0.39, 0.29) is 11.7 Å². The summed E-state index contributed by atoms with van der Waals surface area (Å²) in [5.41, 5.74) is 1.85. The fourth-order valence-electron chi connectivity index (χ4n) is 2.14. The first-order valence-electron chi connectivity index (χ1n) is 6.34. The lowest BCUT2D eigenvalue weighted by Crippen LogP contribution is -2.37. The first-order valence-corrected chi connectivity index (χ1v) is 10.4. The number of rotatable bonds is 4. The van der Waals surface area contributed by atoms with Crippen LogP contribution < -0.4 is 9.99 Å². The van der Waals surface area contributed by atoms with Gasteiger partial charge in [0.25, 0.3) is 0 Å². The largest absolute Gasteiger partial charge is 0.495 e. The predicted octanol–water partition coefficient (Wildman–Crippen LogP) is 3.04. The van der Waals surface area contributed by atoms with E-state index in [1.54, 1.807) is 0 Å². The number of carbonyl (C=O) groups excluding carboxylic acids is 1. The average Bonchev–Trinajstić information content (AvgIpc) is 2.63. The highest BCUT2D eigenvalue weighted by atomic mass is 127. The molecule has 0 N–H and O–H groups in total. The first kappa shape index (κ1) is 16.2. The molecule has 0 bridgehead atoms. The van der Waals surface area contributed by atoms with Gasteiger partial charge in [0.15, 0.2) is 0 Å². The molecule has 2 unspecified atom stereocenters. The molecule has 0 amide bonds. The summed E-state index contributed by atoms with van der Waals surface area (Å²) in [4.78, 5) is 11.4. The number of carbonyl (C=O) groups is 1. The molecule has 1 fully saturated rings. The van der Waals surface area contributed by atoms with Crippen molar-refractivity contribution in [1.82, 2.24) is 0 Å². The van der Waals surface area contributed by atoms with Crippen LogP contribution in [-0.4, -0.2) is 25.1 Å². The summed E-state index contributed by atoms with van der Waals surface area (Å²) >= 11 is 2.16. The van der Waals surface area contributed by atoms with Gasteiger partial charge in [0.05, 0.1) is 11.7 Å². The molecule has 0 saturated carbocycles. The summed E-state index contributed by atoms with van der Waals surface area (Å²) in [7, 11) is -0.528. The van der Waals surface area contributed by atoms with Crippen molar-refractivity contribution in [2.45, 2.75) is 39.4 Å². The molecule has 1 saturated heterocycles. The second kappa shape index (κ2) is 6.30. The van der Waals surface area contributed by atoms with E-state index in [0.29, 0.717) is 12.0 Å². The van der Waals surface area contributed by atoms with Gasteiger partial charge in [-0.1, -0.05) is 0 Å². The Labute approximate surface area is 134 Å². The fraction of sp³-hybridized carbons (Fsp3) is 0.462. The monoisotopic (exact) mass is 406 g/mol. The van der Waals surface area contributed by atoms with Crippen LogP contribution in [0.4, 0.5) is 0 Å². The van der Waals surface area contributed by atoms with Gasteiger partial charge in [0.2, 0.25) is 0 Å². The number of halogens is 1. The van der Waals surface area contributed by atoms with Crippen molar-refractivity contribution in [2.75, 3.05) is 0 Å². The van der Waals surface area contributed by atoms with E-state index in [1.165, 1.54) is 0 Å². The van der Waals surface area contributed by atoms with Gasteiger partial charge in [0, 0.05) is 5.56 Å². The Hall–Kier alpha value is -0.165. The number of benzene rings is 1. The molecular weight excluding hydrogens is 389 g/mol. The Morgan fingerprint density at radius 2 is 2.20 bits per heavy atom. The highest BCUT2D eigenvalue weighted by Crippen LogP contribution is 2.30. The Morgan fingerprint density at radius 1 is 1.50 bits per heavy atom. The molecule has 0 spiro atoms. The average molecular weight is 406 g/mol. The van der Waals surface area contributed by atoms with Crippen molar-refractivity contribution in [3.8, 4) is 5.75 Å². The molecule has 0 aliphatic carbocycles. The minimum atomic E-state index is -0.528. The zero-order valence-corrected chi connectivity index (χ0v) is 15.1. The Bertz CT molecular complexity index is 523. The molecule has 4 nitrogen and oxygen atoms in total. The quantitative estimate of drug-likeness (QED) is 0.334. The van der Waals surface area contributed by atoms with Gasteiger partial charge >= 0.3 is 7.12 Å². The Morgan fingerprint density at radius 3 is 2.70 bits per heavy atom. The maximum atomic E-state index is 11.4. The van der Waals surface area contributed by atoms with Crippen molar-refractivity contribution in [2.24, 2.45) is 0 Å². The third-order valence-electron chi connectivity index (χ3n) is 3.64. The normalized spacial score (nSPS) is 21.6. The molecule has 1 aromatic carbocycles. The molecule has 0 radical (unpaired) electrons. The summed E-state index contributed by atoms with van der Waals surface area (Å²) in [6.45, 7) is 8.15. The second-order valence-corrected chi connectivity index (χ2v) is 7.05. The van der Waals surface area contributed by atoms with Crippen molar-refractivity contribution >= 4 is 47.4 Å². The van der Waals surface area contributed by atoms with Crippen LogP contribution >= 0.6 is 28.5 Å². The second-order valence-electron chi connectivity index (χ2n) is 5.37. The smallest absolute Gasteiger partial charge is 0.467 e. The minimum Gasteiger partial charge on any atom is -0.467 e. The lowest BCUT2D eigenvalue weighted by molar-refractivity contribution is 0.0842. The zero-order chi connectivity index (χ0) is 14.9. The van der Waals surface area contributed by atoms with E-state index >= 15 is 0 Å². The van der Waals surface area contributed by atoms with Gasteiger partial charge in [-0.25, -0.2) is 0 Å². The molecule has 1 heterocycles. The van der Waals surface area contributed by atoms with Gasteiger partial charge in [0.1, 0.15) is 18.5 Å². The van der Waals surface area contributed by atoms with Crippen LogP contribution in [0.15, 0.2) is 12.1 Å². The van der Waals surface area contributed by atoms with E-state index < -0.39 is 7.12 Å². The minimum absolute atomic E-state index is 0.0386. The standard InChI is InChI=1S/C13H17BIO4P/c1-8-5-10(18-20-15)6-12(11(8)7-16)14-17-9(2)13(3,4)19-14/h5-7,9,20H,1-4H3. The lowest BCUT2D eigenvalue weighted by Gasteiger charge is -2.21. The molecule has 2 rings (SSSR count). The third kappa shape index (κ3) is 3.19. The summed E-state index contributed by atoms with van der Waals surface area (Å²) in [5.74, 6) is 0.736. The summed E-state index contributed by atoms with van der Waals surface area (Å²) < 4.78 is 17.4.